The average Bonchev–Trinajstić information content (AvgIpc) is 2.78. The lowest BCUT2D eigenvalue weighted by Gasteiger charge is -1.95. The molecule has 2 aromatic rings. The Morgan fingerprint density at radius 1 is 1.56 bits per heavy atom. The van der Waals surface area contributed by atoms with Crippen molar-refractivity contribution < 1.29 is 9.53 Å². The van der Waals surface area contributed by atoms with Crippen molar-refractivity contribution in [2.24, 2.45) is 0 Å². The minimum Gasteiger partial charge on any atom is -0.461 e. The Morgan fingerprint density at radius 3 is 3.11 bits per heavy atom. The number of nitrogens with one attached hydrogen (secondary N) is 1. The predicted molar refractivity (Wildman–Crippen MR) is 64.8 cm³/mol. The fourth-order valence-electron chi connectivity index (χ4n) is 1.01. The zero-order valence-corrected chi connectivity index (χ0v) is 10.9. The third kappa shape index (κ3) is 3.14. The van der Waals surface area contributed by atoms with Crippen LogP contribution >= 0.6 is 23.1 Å². The first kappa shape index (κ1) is 12.7. The van der Waals surface area contributed by atoms with Gasteiger partial charge < -0.3 is 9.72 Å². The Balaban J connectivity index is 2.11. The number of H-pyrrole nitrogens is 1. The average molecular weight is 284 g/mol. The van der Waals surface area contributed by atoms with Gasteiger partial charge in [0.2, 0.25) is 5.01 Å². The maximum atomic E-state index is 11.4. The minimum absolute atomic E-state index is 0.178. The summed E-state index contributed by atoms with van der Waals surface area (Å²) >= 11 is 2.21. The molecule has 0 atom stereocenters. The van der Waals surface area contributed by atoms with Crippen LogP contribution in [0.25, 0.3) is 0 Å². The quantitative estimate of drug-likeness (QED) is 0.659. The van der Waals surface area contributed by atoms with Crippen LogP contribution in [0, 0.1) is 0 Å². The lowest BCUT2D eigenvalue weighted by Crippen LogP contribution is -2.04. The van der Waals surface area contributed by atoms with E-state index in [9.17, 15) is 9.59 Å². The number of nitrogens with zero attached hydrogens (tertiary/aromatic N) is 3. The van der Waals surface area contributed by atoms with Crippen LogP contribution in [0.1, 0.15) is 16.7 Å². The molecule has 0 saturated carbocycles. The third-order valence-electron chi connectivity index (χ3n) is 1.69. The summed E-state index contributed by atoms with van der Waals surface area (Å²) < 4.78 is 5.30. The zero-order chi connectivity index (χ0) is 13.0. The molecule has 1 N–H and O–H groups in total. The summed E-state index contributed by atoms with van der Waals surface area (Å²) in [7, 11) is 0. The first-order chi connectivity index (χ1) is 8.69. The summed E-state index contributed by atoms with van der Waals surface area (Å²) in [5, 5.41) is 8.10. The van der Waals surface area contributed by atoms with Gasteiger partial charge in [-0.05, 0) is 18.7 Å². The first-order valence-electron chi connectivity index (χ1n) is 4.93. The smallest absolute Gasteiger partial charge is 0.369 e. The Hall–Kier alpha value is -1.74. The van der Waals surface area contributed by atoms with Crippen molar-refractivity contribution >= 4 is 29.1 Å². The van der Waals surface area contributed by atoms with Crippen molar-refractivity contribution in [2.45, 2.75) is 16.4 Å². The molecule has 2 heterocycles. The van der Waals surface area contributed by atoms with Crippen LogP contribution in [0.4, 0.5) is 0 Å². The van der Waals surface area contributed by atoms with E-state index in [1.807, 2.05) is 0 Å². The number of carbonyl (C=O) groups is 1. The normalized spacial score (nSPS) is 10.3. The molecular weight excluding hydrogens is 276 g/mol. The second-order valence-corrected chi connectivity index (χ2v) is 5.15. The largest absolute Gasteiger partial charge is 0.461 e. The summed E-state index contributed by atoms with van der Waals surface area (Å²) in [4.78, 5) is 28.9. The van der Waals surface area contributed by atoms with E-state index < -0.39 is 5.97 Å². The van der Waals surface area contributed by atoms with Crippen molar-refractivity contribution in [1.82, 2.24) is 20.2 Å². The molecule has 2 aromatic heterocycles. The van der Waals surface area contributed by atoms with Crippen molar-refractivity contribution in [3.8, 4) is 0 Å². The molecule has 0 aliphatic rings. The van der Waals surface area contributed by atoms with E-state index in [1.165, 1.54) is 12.3 Å². The fraction of sp³-hybridized carbons (Fsp3) is 0.222. The molecule has 0 aliphatic heterocycles. The summed E-state index contributed by atoms with van der Waals surface area (Å²) in [6.45, 7) is 2.00. The van der Waals surface area contributed by atoms with Crippen LogP contribution < -0.4 is 5.56 Å². The first-order valence-corrected chi connectivity index (χ1v) is 6.56. The molecular formula is C9H8N4O3S2. The van der Waals surface area contributed by atoms with Gasteiger partial charge in [0.15, 0.2) is 9.50 Å². The molecule has 0 amide bonds. The molecule has 9 heteroatoms. The van der Waals surface area contributed by atoms with Gasteiger partial charge in [-0.1, -0.05) is 11.3 Å². The SMILES string of the molecule is CCOC(=O)c1nnc(Sc2nccc(=O)[nH]2)s1. The lowest BCUT2D eigenvalue weighted by molar-refractivity contribution is 0.0525. The van der Waals surface area contributed by atoms with Gasteiger partial charge in [-0.3, -0.25) is 4.79 Å². The van der Waals surface area contributed by atoms with Crippen molar-refractivity contribution in [2.75, 3.05) is 6.61 Å². The molecule has 0 aromatic carbocycles. The molecule has 0 aliphatic carbocycles. The van der Waals surface area contributed by atoms with Gasteiger partial charge in [0.05, 0.1) is 6.61 Å². The van der Waals surface area contributed by atoms with Crippen LogP contribution in [-0.2, 0) is 4.74 Å². The number of hydrogen-bond donors (Lipinski definition) is 1. The summed E-state index contributed by atoms with van der Waals surface area (Å²) in [6.07, 6.45) is 1.40. The Bertz CT molecular complexity index is 610. The van der Waals surface area contributed by atoms with Crippen molar-refractivity contribution in [3.05, 3.63) is 27.6 Å². The highest BCUT2D eigenvalue weighted by Crippen LogP contribution is 2.26. The minimum atomic E-state index is -0.503. The molecule has 0 bridgehead atoms. The maximum Gasteiger partial charge on any atom is 0.369 e. The lowest BCUT2D eigenvalue weighted by atomic mass is 10.7. The van der Waals surface area contributed by atoms with Gasteiger partial charge in [-0.25, -0.2) is 9.78 Å². The maximum absolute atomic E-state index is 11.4. The number of ether oxygens (including phenoxy) is 1. The van der Waals surface area contributed by atoms with E-state index in [1.54, 1.807) is 6.92 Å². The summed E-state index contributed by atoms with van der Waals surface area (Å²) in [6, 6.07) is 1.31. The van der Waals surface area contributed by atoms with Gasteiger partial charge >= 0.3 is 5.97 Å². The highest BCUT2D eigenvalue weighted by atomic mass is 32.2. The number of esters is 1. The monoisotopic (exact) mass is 284 g/mol. The zero-order valence-electron chi connectivity index (χ0n) is 9.24. The molecule has 18 heavy (non-hydrogen) atoms. The standard InChI is InChI=1S/C9H8N4O3S2/c1-2-16-7(15)6-12-13-9(17-6)18-8-10-4-3-5(14)11-8/h3-4H,2H2,1H3,(H,10,11,14). The van der Waals surface area contributed by atoms with Crippen LogP contribution in [0.3, 0.4) is 0 Å². The van der Waals surface area contributed by atoms with E-state index in [-0.39, 0.29) is 17.2 Å². The topological polar surface area (TPSA) is 97.8 Å². The van der Waals surface area contributed by atoms with Crippen LogP contribution in [0.5, 0.6) is 0 Å². The van der Waals surface area contributed by atoms with Gasteiger partial charge in [0.25, 0.3) is 5.56 Å². The molecule has 2 rings (SSSR count). The van der Waals surface area contributed by atoms with E-state index in [2.05, 4.69) is 20.2 Å². The second-order valence-electron chi connectivity index (χ2n) is 2.93. The van der Waals surface area contributed by atoms with E-state index in [4.69, 9.17) is 4.74 Å². The number of aromatic amines is 1. The van der Waals surface area contributed by atoms with E-state index in [0.29, 0.717) is 9.50 Å². The molecule has 0 fully saturated rings. The molecule has 0 spiro atoms. The highest BCUT2D eigenvalue weighted by molar-refractivity contribution is 8.00. The second kappa shape index (κ2) is 5.74. The number of aromatic nitrogens is 4. The molecule has 7 nitrogen and oxygen atoms in total. The number of hydrogen-bond acceptors (Lipinski definition) is 8. The van der Waals surface area contributed by atoms with Crippen LogP contribution in [-0.4, -0.2) is 32.7 Å². The third-order valence-corrected chi connectivity index (χ3v) is 3.54. The summed E-state index contributed by atoms with van der Waals surface area (Å²) in [5.41, 5.74) is -0.248. The van der Waals surface area contributed by atoms with Crippen LogP contribution in [0.2, 0.25) is 0 Å². The van der Waals surface area contributed by atoms with Crippen LogP contribution in [0.15, 0.2) is 26.6 Å². The van der Waals surface area contributed by atoms with Crippen molar-refractivity contribution in [1.29, 1.82) is 0 Å². The van der Waals surface area contributed by atoms with Gasteiger partial charge in [-0.15, -0.1) is 10.2 Å². The molecule has 94 valence electrons. The summed E-state index contributed by atoms with van der Waals surface area (Å²) in [5.74, 6) is -0.503. The Kier molecular flexibility index (Phi) is 4.05. The highest BCUT2D eigenvalue weighted by Gasteiger charge is 2.14. The predicted octanol–water partition coefficient (Wildman–Crippen LogP) is 0.949. The van der Waals surface area contributed by atoms with Gasteiger partial charge in [0.1, 0.15) is 0 Å². The Morgan fingerprint density at radius 2 is 2.39 bits per heavy atom. The number of carbonyl (C=O) groups excluding carboxylic acids is 1. The Labute approximate surface area is 110 Å². The number of rotatable bonds is 4. The van der Waals surface area contributed by atoms with E-state index in [0.717, 1.165) is 23.1 Å². The molecule has 0 saturated heterocycles. The van der Waals surface area contributed by atoms with Gasteiger partial charge in [-0.2, -0.15) is 0 Å². The molecule has 0 radical (unpaired) electrons. The van der Waals surface area contributed by atoms with Gasteiger partial charge in [0, 0.05) is 12.3 Å². The van der Waals surface area contributed by atoms with Crippen molar-refractivity contribution in [3.63, 3.8) is 0 Å². The fourth-order valence-corrected chi connectivity index (χ4v) is 2.64. The molecule has 0 unspecified atom stereocenters. The van der Waals surface area contributed by atoms with E-state index >= 15 is 0 Å².